The molecule has 1 aliphatic rings. The van der Waals surface area contributed by atoms with Crippen LogP contribution in [0.2, 0.25) is 5.02 Å². The van der Waals surface area contributed by atoms with Gasteiger partial charge in [0.1, 0.15) is 5.75 Å². The third-order valence-electron chi connectivity index (χ3n) is 3.30. The second-order valence-corrected chi connectivity index (χ2v) is 6.18. The number of methoxy groups -OCH3 is 1. The Morgan fingerprint density at radius 1 is 1.52 bits per heavy atom. The maximum atomic E-state index is 6.04. The van der Waals surface area contributed by atoms with Crippen molar-refractivity contribution in [1.29, 1.82) is 0 Å². The molecule has 0 aliphatic carbocycles. The molecule has 2 aromatic rings. The van der Waals surface area contributed by atoms with Crippen molar-refractivity contribution in [2.45, 2.75) is 24.1 Å². The van der Waals surface area contributed by atoms with E-state index in [4.69, 9.17) is 21.1 Å². The molecule has 0 spiro atoms. The van der Waals surface area contributed by atoms with E-state index in [9.17, 15) is 0 Å². The molecule has 1 N–H and O–H groups in total. The smallest absolute Gasteiger partial charge is 0.208 e. The second kappa shape index (κ2) is 6.68. The van der Waals surface area contributed by atoms with E-state index in [1.807, 2.05) is 12.1 Å². The normalized spacial score (nSPS) is 18.1. The van der Waals surface area contributed by atoms with E-state index in [0.717, 1.165) is 30.8 Å². The first kappa shape index (κ1) is 14.7. The number of hydrogen-bond donors (Lipinski definition) is 1. The molecular weight excluding hydrogens is 310 g/mol. The van der Waals surface area contributed by atoms with Crippen LogP contribution in [0.25, 0.3) is 11.4 Å². The number of ether oxygens (including phenoxy) is 2. The van der Waals surface area contributed by atoms with E-state index in [2.05, 4.69) is 15.2 Å². The lowest BCUT2D eigenvalue weighted by molar-refractivity contribution is 0.129. The zero-order valence-electron chi connectivity index (χ0n) is 11.6. The summed E-state index contributed by atoms with van der Waals surface area (Å²) in [7, 11) is 1.62. The van der Waals surface area contributed by atoms with Crippen molar-refractivity contribution in [3.05, 3.63) is 23.2 Å². The molecule has 7 heteroatoms. The van der Waals surface area contributed by atoms with Gasteiger partial charge in [0.05, 0.1) is 18.8 Å². The molecule has 112 valence electrons. The van der Waals surface area contributed by atoms with Gasteiger partial charge >= 0.3 is 0 Å². The van der Waals surface area contributed by atoms with Crippen LogP contribution in [0, 0.1) is 0 Å². The van der Waals surface area contributed by atoms with Crippen molar-refractivity contribution in [3.8, 4) is 17.1 Å². The monoisotopic (exact) mass is 325 g/mol. The Balaban J connectivity index is 1.73. The summed E-state index contributed by atoms with van der Waals surface area (Å²) in [6.45, 7) is 0.865. The molecule has 1 saturated heterocycles. The lowest BCUT2D eigenvalue weighted by Gasteiger charge is -2.06. The molecule has 5 nitrogen and oxygen atoms in total. The second-order valence-electron chi connectivity index (χ2n) is 4.76. The van der Waals surface area contributed by atoms with E-state index in [1.165, 1.54) is 0 Å². The molecule has 0 amide bonds. The summed E-state index contributed by atoms with van der Waals surface area (Å²) < 4.78 is 10.9. The van der Waals surface area contributed by atoms with E-state index in [-0.39, 0.29) is 0 Å². The number of aromatic amines is 1. The van der Waals surface area contributed by atoms with Crippen molar-refractivity contribution in [2.75, 3.05) is 19.5 Å². The Hall–Kier alpha value is -1.24. The molecule has 2 heterocycles. The predicted molar refractivity (Wildman–Crippen MR) is 83.1 cm³/mol. The Morgan fingerprint density at radius 2 is 2.43 bits per heavy atom. The quantitative estimate of drug-likeness (QED) is 0.854. The molecule has 1 fully saturated rings. The van der Waals surface area contributed by atoms with E-state index in [1.54, 1.807) is 24.9 Å². The fourth-order valence-electron chi connectivity index (χ4n) is 2.24. The lowest BCUT2D eigenvalue weighted by Crippen LogP contribution is -2.07. The van der Waals surface area contributed by atoms with Gasteiger partial charge < -0.3 is 9.47 Å². The highest BCUT2D eigenvalue weighted by molar-refractivity contribution is 7.99. The lowest BCUT2D eigenvalue weighted by atomic mass is 10.2. The van der Waals surface area contributed by atoms with Gasteiger partial charge in [-0.3, -0.25) is 5.10 Å². The molecule has 1 aromatic heterocycles. The van der Waals surface area contributed by atoms with Crippen LogP contribution in [0.4, 0.5) is 0 Å². The minimum Gasteiger partial charge on any atom is -0.496 e. The van der Waals surface area contributed by atoms with Crippen LogP contribution in [0.3, 0.4) is 0 Å². The highest BCUT2D eigenvalue weighted by atomic mass is 35.5. The van der Waals surface area contributed by atoms with Crippen molar-refractivity contribution in [1.82, 2.24) is 15.2 Å². The van der Waals surface area contributed by atoms with Gasteiger partial charge in [-0.2, -0.15) is 0 Å². The largest absolute Gasteiger partial charge is 0.496 e. The van der Waals surface area contributed by atoms with Crippen LogP contribution >= 0.6 is 23.4 Å². The molecule has 0 saturated carbocycles. The number of nitrogens with zero attached hydrogens (tertiary/aromatic N) is 2. The minimum atomic E-state index is 0.317. The molecule has 1 atom stereocenters. The summed E-state index contributed by atoms with van der Waals surface area (Å²) in [5, 5.41) is 8.51. The van der Waals surface area contributed by atoms with Gasteiger partial charge in [0.25, 0.3) is 0 Å². The standard InChI is InChI=1S/C14H16ClN3O2S/c1-19-12-5-4-9(15)7-11(12)13-16-14(18-17-13)21-8-10-3-2-6-20-10/h4-5,7,10H,2-3,6,8H2,1H3,(H,16,17,18)/t10-/m0/s1. The van der Waals surface area contributed by atoms with Crippen molar-refractivity contribution in [2.24, 2.45) is 0 Å². The first-order chi connectivity index (χ1) is 10.3. The van der Waals surface area contributed by atoms with Gasteiger partial charge in [-0.1, -0.05) is 23.4 Å². The van der Waals surface area contributed by atoms with Gasteiger partial charge in [0.15, 0.2) is 5.82 Å². The molecule has 0 unspecified atom stereocenters. The SMILES string of the molecule is COc1ccc(Cl)cc1-c1nc(SC[C@@H]2CCCO2)n[nH]1. The van der Waals surface area contributed by atoms with Crippen LogP contribution in [0.5, 0.6) is 5.75 Å². The zero-order chi connectivity index (χ0) is 14.7. The number of aromatic nitrogens is 3. The number of benzene rings is 1. The fraction of sp³-hybridized carbons (Fsp3) is 0.429. The molecule has 0 bridgehead atoms. The van der Waals surface area contributed by atoms with Gasteiger partial charge in [-0.15, -0.1) is 5.10 Å². The van der Waals surface area contributed by atoms with E-state index >= 15 is 0 Å². The molecule has 21 heavy (non-hydrogen) atoms. The van der Waals surface area contributed by atoms with E-state index in [0.29, 0.717) is 27.9 Å². The first-order valence-electron chi connectivity index (χ1n) is 6.77. The summed E-state index contributed by atoms with van der Waals surface area (Å²) >= 11 is 7.64. The molecule has 0 radical (unpaired) electrons. The Labute approximate surface area is 132 Å². The predicted octanol–water partition coefficient (Wildman–Crippen LogP) is 3.40. The molecule has 1 aromatic carbocycles. The van der Waals surface area contributed by atoms with Crippen LogP contribution in [0.15, 0.2) is 23.4 Å². The molecule has 3 rings (SSSR count). The number of nitrogens with one attached hydrogen (secondary N) is 1. The van der Waals surface area contributed by atoms with Gasteiger partial charge in [0.2, 0.25) is 5.16 Å². The Bertz CT molecular complexity index is 614. The van der Waals surface area contributed by atoms with Gasteiger partial charge in [0, 0.05) is 17.4 Å². The van der Waals surface area contributed by atoms with Crippen LogP contribution in [-0.4, -0.2) is 40.8 Å². The summed E-state index contributed by atoms with van der Waals surface area (Å²) in [5.74, 6) is 2.25. The summed E-state index contributed by atoms with van der Waals surface area (Å²) in [4.78, 5) is 4.49. The Kier molecular flexibility index (Phi) is 4.67. The summed E-state index contributed by atoms with van der Waals surface area (Å²) in [6.07, 6.45) is 2.58. The summed E-state index contributed by atoms with van der Waals surface area (Å²) in [6, 6.07) is 5.42. The fourth-order valence-corrected chi connectivity index (χ4v) is 3.28. The highest BCUT2D eigenvalue weighted by Crippen LogP contribution is 2.31. The number of hydrogen-bond acceptors (Lipinski definition) is 5. The zero-order valence-corrected chi connectivity index (χ0v) is 13.2. The van der Waals surface area contributed by atoms with Crippen molar-refractivity contribution in [3.63, 3.8) is 0 Å². The topological polar surface area (TPSA) is 60.0 Å². The minimum absolute atomic E-state index is 0.317. The highest BCUT2D eigenvalue weighted by Gasteiger charge is 2.17. The third kappa shape index (κ3) is 3.51. The Morgan fingerprint density at radius 3 is 3.19 bits per heavy atom. The van der Waals surface area contributed by atoms with E-state index < -0.39 is 0 Å². The van der Waals surface area contributed by atoms with Crippen LogP contribution in [0.1, 0.15) is 12.8 Å². The number of H-pyrrole nitrogens is 1. The van der Waals surface area contributed by atoms with Crippen molar-refractivity contribution >= 4 is 23.4 Å². The number of rotatable bonds is 5. The summed E-state index contributed by atoms with van der Waals surface area (Å²) in [5.41, 5.74) is 0.807. The maximum absolute atomic E-state index is 6.04. The average Bonchev–Trinajstić information content (AvgIpc) is 3.16. The number of halogens is 1. The van der Waals surface area contributed by atoms with Crippen LogP contribution in [-0.2, 0) is 4.74 Å². The average molecular weight is 326 g/mol. The first-order valence-corrected chi connectivity index (χ1v) is 8.13. The maximum Gasteiger partial charge on any atom is 0.208 e. The molecule has 1 aliphatic heterocycles. The van der Waals surface area contributed by atoms with Crippen molar-refractivity contribution < 1.29 is 9.47 Å². The molecular formula is C14H16ClN3O2S. The van der Waals surface area contributed by atoms with Gasteiger partial charge in [-0.05, 0) is 31.0 Å². The third-order valence-corrected chi connectivity index (χ3v) is 4.52. The van der Waals surface area contributed by atoms with Crippen LogP contribution < -0.4 is 4.74 Å². The van der Waals surface area contributed by atoms with Gasteiger partial charge in [-0.25, -0.2) is 4.98 Å². The number of thioether (sulfide) groups is 1.